The largest absolute Gasteiger partial charge is 0.455 e. The Labute approximate surface area is 143 Å². The van der Waals surface area contributed by atoms with Crippen molar-refractivity contribution in [2.75, 3.05) is 29.2 Å². The Morgan fingerprint density at radius 1 is 1.48 bits per heavy atom. The van der Waals surface area contributed by atoms with Crippen LogP contribution in [0.15, 0.2) is 18.3 Å². The average molecular weight is 379 g/mol. The number of thioether (sulfide) groups is 1. The monoisotopic (exact) mass is 378 g/mol. The maximum absolute atomic E-state index is 11.7. The highest BCUT2D eigenvalue weighted by Gasteiger charge is 2.28. The van der Waals surface area contributed by atoms with Crippen LogP contribution in [0.4, 0.5) is 5.69 Å². The number of amides is 1. The number of carbonyl (C=O) groups is 2. The molecule has 0 spiro atoms. The summed E-state index contributed by atoms with van der Waals surface area (Å²) in [6.45, 7) is -0.437. The highest BCUT2D eigenvalue weighted by molar-refractivity contribution is 8.02. The van der Waals surface area contributed by atoms with Crippen molar-refractivity contribution in [1.29, 1.82) is 0 Å². The normalized spacial score (nSPS) is 19.3. The van der Waals surface area contributed by atoms with E-state index in [0.717, 1.165) is 0 Å². The van der Waals surface area contributed by atoms with Crippen LogP contribution in [-0.4, -0.2) is 54.4 Å². The average Bonchev–Trinajstić information content (AvgIpc) is 2.85. The molecule has 1 aliphatic heterocycles. The van der Waals surface area contributed by atoms with E-state index in [0.29, 0.717) is 12.1 Å². The van der Waals surface area contributed by atoms with Crippen LogP contribution in [0.5, 0.6) is 0 Å². The molecular weight excluding hydrogens is 364 g/mol. The fourth-order valence-corrected chi connectivity index (χ4v) is 5.54. The molecule has 0 aliphatic carbocycles. The third-order valence-electron chi connectivity index (χ3n) is 3.02. The molecule has 2 heterocycles. The van der Waals surface area contributed by atoms with Crippen molar-refractivity contribution >= 4 is 50.8 Å². The molecule has 1 atom stereocenters. The second-order valence-corrected chi connectivity index (χ2v) is 8.76. The summed E-state index contributed by atoms with van der Waals surface area (Å²) in [6, 6.07) is 3.19. The highest BCUT2D eigenvalue weighted by Crippen LogP contribution is 2.24. The predicted octanol–water partition coefficient (Wildman–Crippen LogP) is 1.14. The van der Waals surface area contributed by atoms with Crippen LogP contribution in [0.2, 0.25) is 5.15 Å². The first-order valence-electron chi connectivity index (χ1n) is 6.74. The Bertz CT molecular complexity index is 695. The van der Waals surface area contributed by atoms with Crippen LogP contribution in [0.3, 0.4) is 0 Å². The molecule has 1 saturated heterocycles. The molecule has 0 bridgehead atoms. The molecule has 10 heteroatoms. The van der Waals surface area contributed by atoms with Crippen LogP contribution < -0.4 is 5.32 Å². The zero-order chi connectivity index (χ0) is 16.9. The second kappa shape index (κ2) is 7.98. The molecule has 1 N–H and O–H groups in total. The van der Waals surface area contributed by atoms with E-state index in [-0.39, 0.29) is 27.7 Å². The molecule has 0 saturated carbocycles. The highest BCUT2D eigenvalue weighted by atomic mass is 35.5. The van der Waals surface area contributed by atoms with Gasteiger partial charge in [-0.05, 0) is 18.6 Å². The van der Waals surface area contributed by atoms with Gasteiger partial charge in [-0.25, -0.2) is 13.4 Å². The number of hydrogen-bond donors (Lipinski definition) is 1. The van der Waals surface area contributed by atoms with Gasteiger partial charge in [0.15, 0.2) is 21.6 Å². The first-order valence-corrected chi connectivity index (χ1v) is 9.98. The fourth-order valence-electron chi connectivity index (χ4n) is 1.93. The molecular formula is C13H15ClN2O5S2. The Morgan fingerprint density at radius 2 is 2.26 bits per heavy atom. The van der Waals surface area contributed by atoms with Crippen molar-refractivity contribution in [3.63, 3.8) is 0 Å². The van der Waals surface area contributed by atoms with Gasteiger partial charge in [-0.15, -0.1) is 11.8 Å². The van der Waals surface area contributed by atoms with E-state index >= 15 is 0 Å². The first-order chi connectivity index (χ1) is 10.9. The number of pyridine rings is 1. The SMILES string of the molecule is O=C(COC(=O)CS[C@@H]1CCS(=O)(=O)C1)Nc1cccnc1Cl. The van der Waals surface area contributed by atoms with Crippen molar-refractivity contribution in [3.8, 4) is 0 Å². The molecule has 1 amide bonds. The summed E-state index contributed by atoms with van der Waals surface area (Å²) in [5.74, 6) is -0.825. The van der Waals surface area contributed by atoms with Gasteiger partial charge in [0.25, 0.3) is 5.91 Å². The van der Waals surface area contributed by atoms with E-state index in [1.54, 1.807) is 12.1 Å². The fraction of sp³-hybridized carbons (Fsp3) is 0.462. The number of anilines is 1. The van der Waals surface area contributed by atoms with E-state index < -0.39 is 28.3 Å². The van der Waals surface area contributed by atoms with Crippen LogP contribution in [0.25, 0.3) is 0 Å². The van der Waals surface area contributed by atoms with Gasteiger partial charge in [0.05, 0.1) is 22.9 Å². The summed E-state index contributed by atoms with van der Waals surface area (Å²) in [5.41, 5.74) is 0.334. The van der Waals surface area contributed by atoms with Crippen LogP contribution in [0.1, 0.15) is 6.42 Å². The van der Waals surface area contributed by atoms with Crippen molar-refractivity contribution in [3.05, 3.63) is 23.5 Å². The Hall–Kier alpha value is -1.32. The number of ether oxygens (including phenoxy) is 1. The van der Waals surface area contributed by atoms with Gasteiger partial charge in [-0.3, -0.25) is 9.59 Å². The minimum atomic E-state index is -2.96. The second-order valence-electron chi connectivity index (χ2n) is 4.89. The van der Waals surface area contributed by atoms with Gasteiger partial charge < -0.3 is 10.1 Å². The lowest BCUT2D eigenvalue weighted by molar-refractivity contribution is -0.144. The quantitative estimate of drug-likeness (QED) is 0.584. The molecule has 1 aliphatic rings. The lowest BCUT2D eigenvalue weighted by atomic mass is 10.4. The summed E-state index contributed by atoms with van der Waals surface area (Å²) in [4.78, 5) is 27.0. The lowest BCUT2D eigenvalue weighted by Crippen LogP contribution is -2.22. The Balaban J connectivity index is 1.68. The Morgan fingerprint density at radius 3 is 2.91 bits per heavy atom. The van der Waals surface area contributed by atoms with E-state index in [2.05, 4.69) is 10.3 Å². The zero-order valence-electron chi connectivity index (χ0n) is 12.0. The van der Waals surface area contributed by atoms with E-state index in [9.17, 15) is 18.0 Å². The van der Waals surface area contributed by atoms with Crippen molar-refractivity contribution in [1.82, 2.24) is 4.98 Å². The number of sulfone groups is 1. The summed E-state index contributed by atoms with van der Waals surface area (Å²) in [6.07, 6.45) is 2.03. The molecule has 2 rings (SSSR count). The summed E-state index contributed by atoms with van der Waals surface area (Å²) < 4.78 is 27.4. The minimum absolute atomic E-state index is 0.0150. The molecule has 23 heavy (non-hydrogen) atoms. The van der Waals surface area contributed by atoms with E-state index in [1.807, 2.05) is 0 Å². The van der Waals surface area contributed by atoms with Crippen LogP contribution >= 0.6 is 23.4 Å². The maximum Gasteiger partial charge on any atom is 0.316 e. The predicted molar refractivity (Wildman–Crippen MR) is 88.4 cm³/mol. The maximum atomic E-state index is 11.7. The van der Waals surface area contributed by atoms with Gasteiger partial charge in [0.1, 0.15) is 0 Å². The topological polar surface area (TPSA) is 102 Å². The standard InChI is InChI=1S/C13H15ClN2O5S2/c14-13-10(2-1-4-15-13)16-11(17)6-21-12(18)7-22-9-3-5-23(19,20)8-9/h1-2,4,9H,3,5-8H2,(H,16,17)/t9-/m1/s1. The number of hydrogen-bond acceptors (Lipinski definition) is 7. The van der Waals surface area contributed by atoms with Gasteiger partial charge in [0.2, 0.25) is 0 Å². The molecule has 0 unspecified atom stereocenters. The number of nitrogens with one attached hydrogen (secondary N) is 1. The molecule has 1 aromatic rings. The number of halogens is 1. The van der Waals surface area contributed by atoms with Crippen molar-refractivity contribution in [2.45, 2.75) is 11.7 Å². The molecule has 1 aromatic heterocycles. The third-order valence-corrected chi connectivity index (χ3v) is 6.58. The zero-order valence-corrected chi connectivity index (χ0v) is 14.4. The number of aromatic nitrogens is 1. The number of carbonyl (C=O) groups excluding carboxylic acids is 2. The van der Waals surface area contributed by atoms with Gasteiger partial charge in [-0.1, -0.05) is 11.6 Å². The third kappa shape index (κ3) is 6.00. The summed E-state index contributed by atoms with van der Waals surface area (Å²) in [7, 11) is -2.96. The summed E-state index contributed by atoms with van der Waals surface area (Å²) >= 11 is 7.03. The number of nitrogens with zero attached hydrogens (tertiary/aromatic N) is 1. The molecule has 0 radical (unpaired) electrons. The molecule has 0 aromatic carbocycles. The van der Waals surface area contributed by atoms with Crippen molar-refractivity contribution < 1.29 is 22.7 Å². The van der Waals surface area contributed by atoms with Gasteiger partial charge in [0, 0.05) is 11.4 Å². The molecule has 1 fully saturated rings. The van der Waals surface area contributed by atoms with Crippen LogP contribution in [-0.2, 0) is 24.2 Å². The first kappa shape index (κ1) is 18.0. The minimum Gasteiger partial charge on any atom is -0.455 e. The van der Waals surface area contributed by atoms with E-state index in [4.69, 9.17) is 16.3 Å². The number of rotatable bonds is 6. The lowest BCUT2D eigenvalue weighted by Gasteiger charge is -2.09. The van der Waals surface area contributed by atoms with Gasteiger partial charge in [-0.2, -0.15) is 0 Å². The molecule has 7 nitrogen and oxygen atoms in total. The Kier molecular flexibility index (Phi) is 6.25. The number of esters is 1. The molecule has 126 valence electrons. The van der Waals surface area contributed by atoms with Crippen molar-refractivity contribution in [2.24, 2.45) is 0 Å². The smallest absolute Gasteiger partial charge is 0.316 e. The van der Waals surface area contributed by atoms with E-state index in [1.165, 1.54) is 18.0 Å². The summed E-state index contributed by atoms with van der Waals surface area (Å²) in [5, 5.41) is 2.53. The van der Waals surface area contributed by atoms with Crippen LogP contribution in [0, 0.1) is 0 Å². The van der Waals surface area contributed by atoms with Gasteiger partial charge >= 0.3 is 5.97 Å².